The lowest BCUT2D eigenvalue weighted by Gasteiger charge is -2.04. The molecule has 6 nitrogen and oxygen atoms in total. The van der Waals surface area contributed by atoms with Crippen LogP contribution in [0.3, 0.4) is 0 Å². The van der Waals surface area contributed by atoms with Crippen molar-refractivity contribution >= 4 is 17.0 Å². The summed E-state index contributed by atoms with van der Waals surface area (Å²) in [5.41, 5.74) is 1.47. The molecule has 1 aromatic heterocycles. The zero-order valence-corrected chi connectivity index (χ0v) is 12.4. The van der Waals surface area contributed by atoms with Gasteiger partial charge < -0.3 is 5.32 Å². The molecule has 0 fully saturated rings. The van der Waals surface area contributed by atoms with Gasteiger partial charge >= 0.3 is 0 Å². The van der Waals surface area contributed by atoms with Gasteiger partial charge in [0, 0.05) is 18.7 Å². The van der Waals surface area contributed by atoms with E-state index in [1.54, 1.807) is 6.07 Å². The number of nitrogens with zero attached hydrogens (tertiary/aromatic N) is 3. The predicted octanol–water partition coefficient (Wildman–Crippen LogP) is 2.92. The van der Waals surface area contributed by atoms with E-state index in [0.717, 1.165) is 10.6 Å². The van der Waals surface area contributed by atoms with Crippen LogP contribution in [0.15, 0.2) is 18.2 Å². The number of nitro benzene ring substituents is 1. The van der Waals surface area contributed by atoms with Crippen molar-refractivity contribution in [3.8, 4) is 10.6 Å². The molecule has 0 aliphatic rings. The van der Waals surface area contributed by atoms with E-state index < -0.39 is 0 Å². The number of nitro groups is 1. The molecule has 1 aromatic carbocycles. The summed E-state index contributed by atoms with van der Waals surface area (Å²) in [6.45, 7) is 6.56. The molecule has 0 unspecified atom stereocenters. The standard InChI is InChI=1S/C13H16N4O2S/c1-8(2)14-7-11-15-16-13(20-11)12-9(3)5-4-6-10(12)17(18)19/h4-6,8,14H,7H2,1-3H3. The summed E-state index contributed by atoms with van der Waals surface area (Å²) >= 11 is 1.38. The molecule has 0 atom stereocenters. The van der Waals surface area contributed by atoms with Crippen LogP contribution in [-0.2, 0) is 6.54 Å². The normalized spacial score (nSPS) is 11.0. The molecule has 0 bridgehead atoms. The Morgan fingerprint density at radius 2 is 2.15 bits per heavy atom. The second kappa shape index (κ2) is 6.06. The third-order valence-corrected chi connectivity index (χ3v) is 3.73. The minimum absolute atomic E-state index is 0.0736. The van der Waals surface area contributed by atoms with Crippen LogP contribution in [0.1, 0.15) is 24.4 Å². The van der Waals surface area contributed by atoms with E-state index in [-0.39, 0.29) is 10.6 Å². The third-order valence-electron chi connectivity index (χ3n) is 2.79. The maximum atomic E-state index is 11.1. The van der Waals surface area contributed by atoms with Gasteiger partial charge in [-0.05, 0) is 12.5 Å². The zero-order valence-electron chi connectivity index (χ0n) is 11.6. The molecule has 0 radical (unpaired) electrons. The van der Waals surface area contributed by atoms with Gasteiger partial charge in [-0.15, -0.1) is 10.2 Å². The first kappa shape index (κ1) is 14.5. The van der Waals surface area contributed by atoms with E-state index in [4.69, 9.17) is 0 Å². The van der Waals surface area contributed by atoms with Crippen molar-refractivity contribution in [1.82, 2.24) is 15.5 Å². The van der Waals surface area contributed by atoms with Gasteiger partial charge in [-0.3, -0.25) is 10.1 Å². The van der Waals surface area contributed by atoms with Gasteiger partial charge in [0.05, 0.1) is 10.5 Å². The smallest absolute Gasteiger partial charge is 0.279 e. The molecule has 0 spiro atoms. The van der Waals surface area contributed by atoms with Crippen LogP contribution in [0.5, 0.6) is 0 Å². The molecular weight excluding hydrogens is 276 g/mol. The Morgan fingerprint density at radius 3 is 2.80 bits per heavy atom. The van der Waals surface area contributed by atoms with Gasteiger partial charge in [-0.2, -0.15) is 0 Å². The van der Waals surface area contributed by atoms with E-state index in [1.807, 2.05) is 26.8 Å². The Kier molecular flexibility index (Phi) is 4.41. The molecule has 1 N–H and O–H groups in total. The predicted molar refractivity (Wildman–Crippen MR) is 78.7 cm³/mol. The maximum Gasteiger partial charge on any atom is 0.279 e. The van der Waals surface area contributed by atoms with Gasteiger partial charge in [0.25, 0.3) is 5.69 Å². The highest BCUT2D eigenvalue weighted by molar-refractivity contribution is 7.14. The Labute approximate surface area is 121 Å². The monoisotopic (exact) mass is 292 g/mol. The minimum atomic E-state index is -0.379. The number of aromatic nitrogens is 2. The lowest BCUT2D eigenvalue weighted by Crippen LogP contribution is -2.21. The van der Waals surface area contributed by atoms with Crippen molar-refractivity contribution in [3.05, 3.63) is 38.9 Å². The Bertz CT molecular complexity index is 625. The topological polar surface area (TPSA) is 81.0 Å². The second-order valence-electron chi connectivity index (χ2n) is 4.76. The molecule has 106 valence electrons. The van der Waals surface area contributed by atoms with E-state index >= 15 is 0 Å². The van der Waals surface area contributed by atoms with E-state index in [2.05, 4.69) is 15.5 Å². The van der Waals surface area contributed by atoms with Crippen LogP contribution < -0.4 is 5.32 Å². The molecule has 2 aromatic rings. The highest BCUT2D eigenvalue weighted by atomic mass is 32.1. The summed E-state index contributed by atoms with van der Waals surface area (Å²) in [4.78, 5) is 10.7. The van der Waals surface area contributed by atoms with Crippen molar-refractivity contribution < 1.29 is 4.92 Å². The first-order chi connectivity index (χ1) is 9.49. The summed E-state index contributed by atoms with van der Waals surface area (Å²) in [5, 5.41) is 24.0. The lowest BCUT2D eigenvalue weighted by atomic mass is 10.1. The van der Waals surface area contributed by atoms with Crippen molar-refractivity contribution in [2.24, 2.45) is 0 Å². The van der Waals surface area contributed by atoms with E-state index in [1.165, 1.54) is 17.4 Å². The van der Waals surface area contributed by atoms with Crippen LogP contribution in [0.4, 0.5) is 5.69 Å². The van der Waals surface area contributed by atoms with Crippen LogP contribution in [0.2, 0.25) is 0 Å². The van der Waals surface area contributed by atoms with Crippen molar-refractivity contribution in [3.63, 3.8) is 0 Å². The number of hydrogen-bond acceptors (Lipinski definition) is 6. The molecule has 1 heterocycles. The summed E-state index contributed by atoms with van der Waals surface area (Å²) in [6.07, 6.45) is 0. The average molecular weight is 292 g/mol. The fourth-order valence-electron chi connectivity index (χ4n) is 1.80. The van der Waals surface area contributed by atoms with Crippen molar-refractivity contribution in [2.75, 3.05) is 0 Å². The van der Waals surface area contributed by atoms with Gasteiger partial charge in [0.1, 0.15) is 5.01 Å². The molecule has 20 heavy (non-hydrogen) atoms. The molecule has 0 saturated carbocycles. The maximum absolute atomic E-state index is 11.1. The zero-order chi connectivity index (χ0) is 14.7. The average Bonchev–Trinajstić information content (AvgIpc) is 2.84. The molecule has 0 saturated heterocycles. The van der Waals surface area contributed by atoms with Gasteiger partial charge in [0.15, 0.2) is 5.01 Å². The fraction of sp³-hybridized carbons (Fsp3) is 0.385. The Morgan fingerprint density at radius 1 is 1.40 bits per heavy atom. The summed E-state index contributed by atoms with van der Waals surface area (Å²) in [5.74, 6) is 0. The largest absolute Gasteiger partial charge is 0.308 e. The molecule has 0 aliphatic carbocycles. The number of nitrogens with one attached hydrogen (secondary N) is 1. The van der Waals surface area contributed by atoms with Crippen LogP contribution >= 0.6 is 11.3 Å². The highest BCUT2D eigenvalue weighted by Crippen LogP contribution is 2.34. The number of hydrogen-bond donors (Lipinski definition) is 1. The van der Waals surface area contributed by atoms with E-state index in [0.29, 0.717) is 23.2 Å². The van der Waals surface area contributed by atoms with Crippen molar-refractivity contribution in [2.45, 2.75) is 33.4 Å². The van der Waals surface area contributed by atoms with Crippen LogP contribution in [0, 0.1) is 17.0 Å². The molecule has 2 rings (SSSR count). The Hall–Kier alpha value is -1.86. The first-order valence-electron chi connectivity index (χ1n) is 6.29. The van der Waals surface area contributed by atoms with Crippen molar-refractivity contribution in [1.29, 1.82) is 0 Å². The van der Waals surface area contributed by atoms with E-state index in [9.17, 15) is 10.1 Å². The minimum Gasteiger partial charge on any atom is -0.308 e. The SMILES string of the molecule is Cc1cccc([N+](=O)[O-])c1-c1nnc(CNC(C)C)s1. The van der Waals surface area contributed by atoms with Crippen LogP contribution in [-0.4, -0.2) is 21.2 Å². The first-order valence-corrected chi connectivity index (χ1v) is 7.11. The van der Waals surface area contributed by atoms with Gasteiger partial charge in [-0.1, -0.05) is 37.3 Å². The quantitative estimate of drug-likeness (QED) is 0.677. The number of aryl methyl sites for hydroxylation is 1. The summed E-state index contributed by atoms with van der Waals surface area (Å²) < 4.78 is 0. The Balaban J connectivity index is 2.35. The van der Waals surface area contributed by atoms with Gasteiger partial charge in [0.2, 0.25) is 0 Å². The molecular formula is C13H16N4O2S. The van der Waals surface area contributed by atoms with Crippen LogP contribution in [0.25, 0.3) is 10.6 Å². The summed E-state index contributed by atoms with van der Waals surface area (Å²) in [7, 11) is 0. The second-order valence-corrected chi connectivity index (χ2v) is 5.82. The molecule has 7 heteroatoms. The number of benzene rings is 1. The highest BCUT2D eigenvalue weighted by Gasteiger charge is 2.20. The fourth-order valence-corrected chi connectivity index (χ4v) is 2.71. The van der Waals surface area contributed by atoms with Gasteiger partial charge in [-0.25, -0.2) is 0 Å². The molecule has 0 amide bonds. The third kappa shape index (κ3) is 3.17. The summed E-state index contributed by atoms with van der Waals surface area (Å²) in [6, 6.07) is 5.38. The molecule has 0 aliphatic heterocycles. The number of rotatable bonds is 5. The lowest BCUT2D eigenvalue weighted by molar-refractivity contribution is -0.384.